The van der Waals surface area contributed by atoms with Crippen LogP contribution in [0.1, 0.15) is 5.56 Å². The standard InChI is InChI=1S/C22H17N5O/c1-28-16-8-9-20-19(13-16)25-22(21-7-4-12-27(20)21)26-24-14-15-10-11-23-18-6-3-2-5-17(15)18/h2-14H,1H3,(H,25,26)/b24-14+. The van der Waals surface area contributed by atoms with Gasteiger partial charge in [0, 0.05) is 29.4 Å². The predicted octanol–water partition coefficient (Wildman–Crippen LogP) is 4.49. The number of nitrogens with one attached hydrogen (secondary N) is 1. The molecule has 0 aliphatic heterocycles. The second-order valence-corrected chi connectivity index (χ2v) is 6.37. The molecule has 0 bridgehead atoms. The molecule has 0 saturated heterocycles. The van der Waals surface area contributed by atoms with E-state index in [2.05, 4.69) is 19.9 Å². The fourth-order valence-corrected chi connectivity index (χ4v) is 3.36. The third-order valence-electron chi connectivity index (χ3n) is 4.72. The quantitative estimate of drug-likeness (QED) is 0.375. The molecular formula is C22H17N5O. The first-order valence-corrected chi connectivity index (χ1v) is 8.91. The molecule has 0 radical (unpaired) electrons. The highest BCUT2D eigenvalue weighted by Crippen LogP contribution is 2.25. The number of methoxy groups -OCH3 is 1. The molecule has 1 N–H and O–H groups in total. The summed E-state index contributed by atoms with van der Waals surface area (Å²) in [7, 11) is 1.65. The van der Waals surface area contributed by atoms with Crippen molar-refractivity contribution in [2.24, 2.45) is 5.10 Å². The molecule has 0 fully saturated rings. The van der Waals surface area contributed by atoms with Crippen LogP contribution in [0.3, 0.4) is 0 Å². The van der Waals surface area contributed by atoms with Crippen molar-refractivity contribution in [2.75, 3.05) is 12.5 Å². The number of hydrazone groups is 1. The average Bonchev–Trinajstić information content (AvgIpc) is 3.24. The van der Waals surface area contributed by atoms with Crippen LogP contribution in [0.25, 0.3) is 27.5 Å². The van der Waals surface area contributed by atoms with Gasteiger partial charge >= 0.3 is 0 Å². The zero-order valence-corrected chi connectivity index (χ0v) is 15.2. The Kier molecular flexibility index (Phi) is 3.87. The Bertz CT molecular complexity index is 1330. The molecular weight excluding hydrogens is 350 g/mol. The topological polar surface area (TPSA) is 63.8 Å². The lowest BCUT2D eigenvalue weighted by Crippen LogP contribution is -1.99. The van der Waals surface area contributed by atoms with E-state index in [0.717, 1.165) is 38.8 Å². The first-order valence-electron chi connectivity index (χ1n) is 8.91. The molecule has 5 rings (SSSR count). The van der Waals surface area contributed by atoms with Crippen molar-refractivity contribution in [3.05, 3.63) is 78.6 Å². The number of aromatic nitrogens is 3. The fourth-order valence-electron chi connectivity index (χ4n) is 3.36. The Labute approximate surface area is 161 Å². The lowest BCUT2D eigenvalue weighted by molar-refractivity contribution is 0.415. The van der Waals surface area contributed by atoms with Crippen LogP contribution in [0.5, 0.6) is 5.75 Å². The van der Waals surface area contributed by atoms with Crippen molar-refractivity contribution >= 4 is 39.5 Å². The summed E-state index contributed by atoms with van der Waals surface area (Å²) in [6, 6.07) is 19.8. The van der Waals surface area contributed by atoms with Gasteiger partial charge in [0.25, 0.3) is 0 Å². The third-order valence-corrected chi connectivity index (χ3v) is 4.72. The minimum atomic E-state index is 0.681. The molecule has 0 saturated carbocycles. The molecule has 0 unspecified atom stereocenters. The predicted molar refractivity (Wildman–Crippen MR) is 112 cm³/mol. The second-order valence-electron chi connectivity index (χ2n) is 6.37. The van der Waals surface area contributed by atoms with Crippen molar-refractivity contribution < 1.29 is 4.74 Å². The molecule has 0 aliphatic rings. The second kappa shape index (κ2) is 6.66. The first kappa shape index (κ1) is 16.3. The summed E-state index contributed by atoms with van der Waals surface area (Å²) in [5.41, 5.74) is 7.82. The van der Waals surface area contributed by atoms with Crippen molar-refractivity contribution in [1.29, 1.82) is 0 Å². The Morgan fingerprint density at radius 2 is 1.93 bits per heavy atom. The minimum Gasteiger partial charge on any atom is -0.497 e. The lowest BCUT2D eigenvalue weighted by atomic mass is 10.1. The SMILES string of the molecule is COc1ccc2c(c1)nc(N/N=C/c1ccnc3ccccc13)c1cccn12. The van der Waals surface area contributed by atoms with Gasteiger partial charge in [0.2, 0.25) is 0 Å². The van der Waals surface area contributed by atoms with Crippen LogP contribution in [0, 0.1) is 0 Å². The van der Waals surface area contributed by atoms with Crippen LogP contribution in [-0.4, -0.2) is 27.7 Å². The maximum absolute atomic E-state index is 5.33. The van der Waals surface area contributed by atoms with E-state index < -0.39 is 0 Å². The maximum Gasteiger partial charge on any atom is 0.171 e. The van der Waals surface area contributed by atoms with Gasteiger partial charge in [-0.05, 0) is 36.4 Å². The number of hydrogen-bond acceptors (Lipinski definition) is 5. The van der Waals surface area contributed by atoms with Crippen LogP contribution >= 0.6 is 0 Å². The zero-order chi connectivity index (χ0) is 18.9. The van der Waals surface area contributed by atoms with Crippen molar-refractivity contribution in [1.82, 2.24) is 14.4 Å². The van der Waals surface area contributed by atoms with E-state index in [1.165, 1.54) is 0 Å². The molecule has 6 heteroatoms. The molecule has 136 valence electrons. The van der Waals surface area contributed by atoms with E-state index in [4.69, 9.17) is 9.72 Å². The van der Waals surface area contributed by atoms with Crippen LogP contribution in [0.2, 0.25) is 0 Å². The Hall–Kier alpha value is -3.93. The van der Waals surface area contributed by atoms with Crippen molar-refractivity contribution in [2.45, 2.75) is 0 Å². The minimum absolute atomic E-state index is 0.681. The van der Waals surface area contributed by atoms with Crippen molar-refractivity contribution in [3.63, 3.8) is 0 Å². The highest BCUT2D eigenvalue weighted by molar-refractivity contribution is 5.98. The van der Waals surface area contributed by atoms with E-state index >= 15 is 0 Å². The number of rotatable bonds is 4. The van der Waals surface area contributed by atoms with E-state index in [-0.39, 0.29) is 0 Å². The molecule has 3 heterocycles. The van der Waals surface area contributed by atoms with Crippen molar-refractivity contribution in [3.8, 4) is 5.75 Å². The van der Waals surface area contributed by atoms with E-state index in [0.29, 0.717) is 5.82 Å². The van der Waals surface area contributed by atoms with Gasteiger partial charge < -0.3 is 9.14 Å². The number of benzene rings is 2. The Morgan fingerprint density at radius 1 is 1.00 bits per heavy atom. The molecule has 0 spiro atoms. The smallest absolute Gasteiger partial charge is 0.171 e. The monoisotopic (exact) mass is 367 g/mol. The average molecular weight is 367 g/mol. The number of nitrogens with zero attached hydrogens (tertiary/aromatic N) is 4. The summed E-state index contributed by atoms with van der Waals surface area (Å²) in [5, 5.41) is 5.49. The van der Waals surface area contributed by atoms with Gasteiger partial charge in [0.05, 0.1) is 35.4 Å². The molecule has 3 aromatic heterocycles. The normalized spacial score (nSPS) is 11.6. The number of anilines is 1. The fraction of sp³-hybridized carbons (Fsp3) is 0.0455. The van der Waals surface area contributed by atoms with E-state index in [9.17, 15) is 0 Å². The largest absolute Gasteiger partial charge is 0.497 e. The first-order chi connectivity index (χ1) is 13.8. The third kappa shape index (κ3) is 2.72. The van der Waals surface area contributed by atoms with Crippen LogP contribution in [0.4, 0.5) is 5.82 Å². The highest BCUT2D eigenvalue weighted by atomic mass is 16.5. The van der Waals surface area contributed by atoms with Gasteiger partial charge in [-0.25, -0.2) is 4.98 Å². The van der Waals surface area contributed by atoms with E-state index in [1.807, 2.05) is 66.9 Å². The van der Waals surface area contributed by atoms with E-state index in [1.54, 1.807) is 19.5 Å². The number of para-hydroxylation sites is 1. The van der Waals surface area contributed by atoms with Gasteiger partial charge in [-0.15, -0.1) is 0 Å². The van der Waals surface area contributed by atoms with Gasteiger partial charge in [-0.1, -0.05) is 18.2 Å². The van der Waals surface area contributed by atoms with Crippen LogP contribution in [0.15, 0.2) is 78.2 Å². The number of ether oxygens (including phenoxy) is 1. The Morgan fingerprint density at radius 3 is 2.86 bits per heavy atom. The Balaban J connectivity index is 1.55. The zero-order valence-electron chi connectivity index (χ0n) is 15.2. The molecule has 0 amide bonds. The summed E-state index contributed by atoms with van der Waals surface area (Å²) >= 11 is 0. The van der Waals surface area contributed by atoms with Gasteiger partial charge in [0.1, 0.15) is 5.75 Å². The molecule has 0 atom stereocenters. The molecule has 28 heavy (non-hydrogen) atoms. The maximum atomic E-state index is 5.33. The summed E-state index contributed by atoms with van der Waals surface area (Å²) < 4.78 is 7.42. The van der Waals surface area contributed by atoms with Crippen LogP contribution in [-0.2, 0) is 0 Å². The highest BCUT2D eigenvalue weighted by Gasteiger charge is 2.08. The molecule has 5 aromatic rings. The summed E-state index contributed by atoms with van der Waals surface area (Å²) in [6.45, 7) is 0. The van der Waals surface area contributed by atoms with Crippen LogP contribution < -0.4 is 10.2 Å². The lowest BCUT2D eigenvalue weighted by Gasteiger charge is -2.09. The summed E-state index contributed by atoms with van der Waals surface area (Å²) in [5.74, 6) is 1.45. The molecule has 2 aromatic carbocycles. The molecule has 6 nitrogen and oxygen atoms in total. The van der Waals surface area contributed by atoms with Gasteiger partial charge in [0.15, 0.2) is 5.82 Å². The number of pyridine rings is 1. The van der Waals surface area contributed by atoms with Gasteiger partial charge in [-0.2, -0.15) is 5.10 Å². The summed E-state index contributed by atoms with van der Waals surface area (Å²) in [6.07, 6.45) is 5.59. The molecule has 0 aliphatic carbocycles. The number of hydrogen-bond donors (Lipinski definition) is 1. The summed E-state index contributed by atoms with van der Waals surface area (Å²) in [4.78, 5) is 9.12. The van der Waals surface area contributed by atoms with Gasteiger partial charge in [-0.3, -0.25) is 10.4 Å². The number of fused-ring (bicyclic) bond motifs is 4.